The first-order valence-corrected chi connectivity index (χ1v) is 6.07. The summed E-state index contributed by atoms with van der Waals surface area (Å²) in [7, 11) is 0. The smallest absolute Gasteiger partial charge is 0.283 e. The van der Waals surface area contributed by atoms with Gasteiger partial charge < -0.3 is 0 Å². The Morgan fingerprint density at radius 2 is 1.89 bits per heavy atom. The van der Waals surface area contributed by atoms with Gasteiger partial charge in [-0.25, -0.2) is 0 Å². The van der Waals surface area contributed by atoms with Gasteiger partial charge in [-0.1, -0.05) is 6.07 Å². The molecule has 0 aliphatic rings. The van der Waals surface area contributed by atoms with E-state index in [4.69, 9.17) is 0 Å². The maximum absolute atomic E-state index is 12.2. The van der Waals surface area contributed by atoms with Gasteiger partial charge in [0.25, 0.3) is 5.69 Å². The van der Waals surface area contributed by atoms with Gasteiger partial charge in [-0.15, -0.1) is 0 Å². The molecule has 0 saturated carbocycles. The fraction of sp³-hybridized carbons (Fsp3) is 0. The average Bonchev–Trinajstić information content (AvgIpc) is 2.39. The first-order valence-electron chi connectivity index (χ1n) is 4.99. The van der Waals surface area contributed by atoms with Crippen LogP contribution in [0.5, 0.6) is 0 Å². The number of carbonyl (C=O) groups excluding carboxylic acids is 1. The predicted molar refractivity (Wildman–Crippen MR) is 73.5 cm³/mol. The van der Waals surface area contributed by atoms with E-state index in [-0.39, 0.29) is 11.5 Å². The largest absolute Gasteiger partial charge is 0.289 e. The SMILES string of the molecule is O=C(c1ccncc1)c1cccc([N+](=O)[O-])c1I. The number of carbonyl (C=O) groups is 1. The Morgan fingerprint density at radius 1 is 1.22 bits per heavy atom. The number of hydrogen-bond donors (Lipinski definition) is 0. The molecule has 5 nitrogen and oxygen atoms in total. The van der Waals surface area contributed by atoms with E-state index in [1.54, 1.807) is 18.2 Å². The second-order valence-electron chi connectivity index (χ2n) is 3.46. The van der Waals surface area contributed by atoms with Crippen LogP contribution in [0.1, 0.15) is 15.9 Å². The number of benzene rings is 1. The van der Waals surface area contributed by atoms with Gasteiger partial charge in [0.2, 0.25) is 0 Å². The first kappa shape index (κ1) is 12.6. The van der Waals surface area contributed by atoms with Crippen LogP contribution >= 0.6 is 22.6 Å². The van der Waals surface area contributed by atoms with Crippen LogP contribution in [0, 0.1) is 13.7 Å². The number of nitro benzene ring substituents is 1. The molecule has 18 heavy (non-hydrogen) atoms. The summed E-state index contributed by atoms with van der Waals surface area (Å²) in [5.41, 5.74) is 0.731. The van der Waals surface area contributed by atoms with E-state index in [0.29, 0.717) is 14.7 Å². The third-order valence-corrected chi connectivity index (χ3v) is 3.50. The summed E-state index contributed by atoms with van der Waals surface area (Å²) in [5.74, 6) is -0.245. The second-order valence-corrected chi connectivity index (χ2v) is 4.54. The molecule has 1 aromatic carbocycles. The quantitative estimate of drug-likeness (QED) is 0.368. The lowest BCUT2D eigenvalue weighted by Crippen LogP contribution is -2.05. The maximum atomic E-state index is 12.2. The van der Waals surface area contributed by atoms with Gasteiger partial charge in [0.1, 0.15) is 3.57 Å². The molecule has 0 N–H and O–H groups in total. The number of pyridine rings is 1. The molecule has 0 spiro atoms. The van der Waals surface area contributed by atoms with Crippen molar-refractivity contribution < 1.29 is 9.72 Å². The third kappa shape index (κ3) is 2.37. The van der Waals surface area contributed by atoms with Crippen molar-refractivity contribution in [1.29, 1.82) is 0 Å². The number of nitrogens with zero attached hydrogens (tertiary/aromatic N) is 2. The Bertz CT molecular complexity index is 614. The highest BCUT2D eigenvalue weighted by molar-refractivity contribution is 14.1. The Kier molecular flexibility index (Phi) is 3.66. The minimum absolute atomic E-state index is 0.0597. The number of halogens is 1. The normalized spacial score (nSPS) is 10.1. The lowest BCUT2D eigenvalue weighted by Gasteiger charge is -2.04. The Morgan fingerprint density at radius 3 is 2.50 bits per heavy atom. The van der Waals surface area contributed by atoms with Crippen LogP contribution in [0.2, 0.25) is 0 Å². The van der Waals surface area contributed by atoms with Crippen molar-refractivity contribution in [2.24, 2.45) is 0 Å². The summed E-state index contributed by atoms with van der Waals surface area (Å²) in [6.07, 6.45) is 3.02. The summed E-state index contributed by atoms with van der Waals surface area (Å²) >= 11 is 1.82. The highest BCUT2D eigenvalue weighted by Gasteiger charge is 2.20. The summed E-state index contributed by atoms with van der Waals surface area (Å²) in [4.78, 5) is 26.3. The van der Waals surface area contributed by atoms with Gasteiger partial charge in [-0.3, -0.25) is 19.9 Å². The number of rotatable bonds is 3. The number of hydrogen-bond acceptors (Lipinski definition) is 4. The molecule has 0 aliphatic carbocycles. The Labute approximate surface area is 116 Å². The van der Waals surface area contributed by atoms with Gasteiger partial charge in [0.15, 0.2) is 5.78 Å². The minimum Gasteiger partial charge on any atom is -0.289 e. The monoisotopic (exact) mass is 354 g/mol. The van der Waals surface area contributed by atoms with Crippen LogP contribution in [-0.2, 0) is 0 Å². The topological polar surface area (TPSA) is 73.1 Å². The standard InChI is InChI=1S/C12H7IN2O3/c13-11-9(2-1-3-10(11)15(17)18)12(16)8-4-6-14-7-5-8/h1-7H. The van der Waals surface area contributed by atoms with E-state index in [1.807, 2.05) is 22.6 Å². The van der Waals surface area contributed by atoms with Gasteiger partial charge in [-0.2, -0.15) is 0 Å². The fourth-order valence-electron chi connectivity index (χ4n) is 1.49. The second kappa shape index (κ2) is 5.21. The number of ketones is 1. The van der Waals surface area contributed by atoms with Crippen LogP contribution < -0.4 is 0 Å². The van der Waals surface area contributed by atoms with Crippen LogP contribution in [0.15, 0.2) is 42.7 Å². The van der Waals surface area contributed by atoms with Gasteiger partial charge in [0.05, 0.1) is 4.92 Å². The minimum atomic E-state index is -0.495. The van der Waals surface area contributed by atoms with E-state index in [2.05, 4.69) is 4.98 Å². The molecule has 1 heterocycles. The van der Waals surface area contributed by atoms with E-state index in [9.17, 15) is 14.9 Å². The highest BCUT2D eigenvalue weighted by atomic mass is 127. The zero-order valence-corrected chi connectivity index (χ0v) is 11.2. The molecule has 2 aromatic rings. The maximum Gasteiger partial charge on any atom is 0.283 e. The Balaban J connectivity index is 2.50. The van der Waals surface area contributed by atoms with Crippen LogP contribution in [0.4, 0.5) is 5.69 Å². The Hall–Kier alpha value is -1.83. The molecule has 0 atom stereocenters. The highest BCUT2D eigenvalue weighted by Crippen LogP contribution is 2.25. The molecule has 0 unspecified atom stereocenters. The summed E-state index contributed by atoms with van der Waals surface area (Å²) in [6, 6.07) is 7.63. The molecule has 6 heteroatoms. The van der Waals surface area contributed by atoms with Crippen molar-refractivity contribution in [1.82, 2.24) is 4.98 Å². The van der Waals surface area contributed by atoms with Crippen LogP contribution in [0.25, 0.3) is 0 Å². The molecular weight excluding hydrogens is 347 g/mol. The van der Waals surface area contributed by atoms with E-state index in [0.717, 1.165) is 0 Å². The molecule has 0 amide bonds. The lowest BCUT2D eigenvalue weighted by molar-refractivity contribution is -0.385. The van der Waals surface area contributed by atoms with Crippen LogP contribution in [-0.4, -0.2) is 15.7 Å². The van der Waals surface area contributed by atoms with Gasteiger partial charge >= 0.3 is 0 Å². The predicted octanol–water partition coefficient (Wildman–Crippen LogP) is 2.83. The number of nitro groups is 1. The first-order chi connectivity index (χ1) is 8.61. The van der Waals surface area contributed by atoms with E-state index < -0.39 is 4.92 Å². The van der Waals surface area contributed by atoms with E-state index >= 15 is 0 Å². The van der Waals surface area contributed by atoms with Crippen molar-refractivity contribution in [2.75, 3.05) is 0 Å². The lowest BCUT2D eigenvalue weighted by atomic mass is 10.0. The molecule has 1 aromatic heterocycles. The molecular formula is C12H7IN2O3. The molecule has 0 radical (unpaired) electrons. The van der Waals surface area contributed by atoms with Crippen molar-refractivity contribution >= 4 is 34.1 Å². The molecule has 0 fully saturated rings. The number of aromatic nitrogens is 1. The molecule has 90 valence electrons. The van der Waals surface area contributed by atoms with Gasteiger partial charge in [0, 0.05) is 29.6 Å². The summed E-state index contributed by atoms with van der Waals surface area (Å²) in [6.45, 7) is 0. The summed E-state index contributed by atoms with van der Waals surface area (Å²) < 4.78 is 0.349. The van der Waals surface area contributed by atoms with Crippen molar-refractivity contribution in [3.63, 3.8) is 0 Å². The molecule has 0 bridgehead atoms. The van der Waals surface area contributed by atoms with Crippen molar-refractivity contribution in [3.8, 4) is 0 Å². The van der Waals surface area contributed by atoms with E-state index in [1.165, 1.54) is 24.5 Å². The zero-order valence-electron chi connectivity index (χ0n) is 9.04. The zero-order chi connectivity index (χ0) is 13.1. The molecule has 2 rings (SSSR count). The molecule has 0 aliphatic heterocycles. The summed E-state index contributed by atoms with van der Waals surface area (Å²) in [5, 5.41) is 10.8. The third-order valence-electron chi connectivity index (χ3n) is 2.36. The fourth-order valence-corrected chi connectivity index (χ4v) is 2.30. The van der Waals surface area contributed by atoms with Gasteiger partial charge in [-0.05, 0) is 40.8 Å². The van der Waals surface area contributed by atoms with Crippen molar-refractivity contribution in [2.45, 2.75) is 0 Å². The van der Waals surface area contributed by atoms with Crippen molar-refractivity contribution in [3.05, 3.63) is 67.5 Å². The molecule has 0 saturated heterocycles. The average molecular weight is 354 g/mol. The van der Waals surface area contributed by atoms with Crippen LogP contribution in [0.3, 0.4) is 0 Å².